The minimum absolute atomic E-state index is 0.403. The lowest BCUT2D eigenvalue weighted by atomic mass is 10.2. The number of methoxy groups -OCH3 is 1. The number of hydrogen-bond acceptors (Lipinski definition) is 4. The summed E-state index contributed by atoms with van der Waals surface area (Å²) in [7, 11) is 1.59. The zero-order valence-electron chi connectivity index (χ0n) is 10.8. The fourth-order valence-electron chi connectivity index (χ4n) is 1.99. The first-order chi connectivity index (χ1) is 9.78. The van der Waals surface area contributed by atoms with Gasteiger partial charge >= 0.3 is 5.63 Å². The van der Waals surface area contributed by atoms with E-state index < -0.39 is 5.63 Å². The molecule has 20 heavy (non-hydrogen) atoms. The lowest BCUT2D eigenvalue weighted by Gasteiger charge is -2.07. The monoisotopic (exact) mass is 268 g/mol. The van der Waals surface area contributed by atoms with E-state index in [1.54, 1.807) is 25.6 Å². The third-order valence-electron chi connectivity index (χ3n) is 2.92. The highest BCUT2D eigenvalue weighted by atomic mass is 16.5. The average Bonchev–Trinajstić information content (AvgIpc) is 2.90. The molecule has 5 heteroatoms. The summed E-state index contributed by atoms with van der Waals surface area (Å²) in [5, 5.41) is 0. The second-order valence-corrected chi connectivity index (χ2v) is 4.17. The van der Waals surface area contributed by atoms with Crippen LogP contribution in [0.1, 0.15) is 0 Å². The van der Waals surface area contributed by atoms with Crippen molar-refractivity contribution in [2.45, 2.75) is 0 Å². The van der Waals surface area contributed by atoms with Gasteiger partial charge in [-0.1, -0.05) is 6.07 Å². The van der Waals surface area contributed by atoms with Gasteiger partial charge in [0.2, 0.25) is 0 Å². The number of ether oxygens (including phenoxy) is 1. The molecule has 2 aromatic heterocycles. The maximum absolute atomic E-state index is 11.6. The van der Waals surface area contributed by atoms with Gasteiger partial charge in [0, 0.05) is 24.0 Å². The third-order valence-corrected chi connectivity index (χ3v) is 2.92. The molecule has 2 heterocycles. The molecule has 1 aromatic carbocycles. The Labute approximate surface area is 115 Å². The van der Waals surface area contributed by atoms with Gasteiger partial charge in [-0.15, -0.1) is 0 Å². The molecule has 0 N–H and O–H groups in total. The van der Waals surface area contributed by atoms with Crippen LogP contribution in [0.4, 0.5) is 0 Å². The minimum Gasteiger partial charge on any atom is -0.497 e. The van der Waals surface area contributed by atoms with Crippen molar-refractivity contribution in [3.63, 3.8) is 0 Å². The smallest absolute Gasteiger partial charge is 0.358 e. The molecule has 3 aromatic rings. The van der Waals surface area contributed by atoms with Crippen molar-refractivity contribution in [2.75, 3.05) is 7.11 Å². The van der Waals surface area contributed by atoms with Crippen molar-refractivity contribution in [2.24, 2.45) is 0 Å². The van der Waals surface area contributed by atoms with Gasteiger partial charge in [-0.3, -0.25) is 4.98 Å². The number of pyridine rings is 1. The van der Waals surface area contributed by atoms with Crippen molar-refractivity contribution < 1.29 is 9.26 Å². The Bertz CT molecular complexity index is 775. The summed E-state index contributed by atoms with van der Waals surface area (Å²) in [6, 6.07) is 12.4. The molecular formula is C15H12N2O3. The van der Waals surface area contributed by atoms with Crippen molar-refractivity contribution >= 4 is 0 Å². The minimum atomic E-state index is -0.403. The highest BCUT2D eigenvalue weighted by Gasteiger charge is 2.11. The Morgan fingerprint density at radius 1 is 1.15 bits per heavy atom. The standard InChI is InChI=1S/C15H12N2O3/c1-19-13-4-2-3-12(9-13)17-14(10-15(18)20-17)11-5-7-16-8-6-11/h2-10H,1H3. The highest BCUT2D eigenvalue weighted by molar-refractivity contribution is 5.60. The Morgan fingerprint density at radius 2 is 1.95 bits per heavy atom. The van der Waals surface area contributed by atoms with Gasteiger partial charge in [-0.2, -0.15) is 4.74 Å². The summed E-state index contributed by atoms with van der Waals surface area (Å²) in [5.41, 5.74) is 1.84. The Kier molecular flexibility index (Phi) is 3.09. The number of hydrogen-bond donors (Lipinski definition) is 0. The van der Waals surface area contributed by atoms with Crippen LogP contribution in [0.15, 0.2) is 64.2 Å². The Balaban J connectivity index is 2.17. The number of benzene rings is 1. The largest absolute Gasteiger partial charge is 0.497 e. The first-order valence-electron chi connectivity index (χ1n) is 6.06. The van der Waals surface area contributed by atoms with Crippen LogP contribution in [-0.2, 0) is 0 Å². The molecule has 0 spiro atoms. The zero-order chi connectivity index (χ0) is 13.9. The zero-order valence-corrected chi connectivity index (χ0v) is 10.8. The molecule has 0 radical (unpaired) electrons. The molecule has 0 bridgehead atoms. The second kappa shape index (κ2) is 5.05. The van der Waals surface area contributed by atoms with E-state index in [0.717, 1.165) is 11.3 Å². The number of aromatic nitrogens is 2. The van der Waals surface area contributed by atoms with E-state index in [9.17, 15) is 4.79 Å². The van der Waals surface area contributed by atoms with Crippen molar-refractivity contribution in [1.29, 1.82) is 0 Å². The van der Waals surface area contributed by atoms with Crippen LogP contribution in [0.3, 0.4) is 0 Å². The molecule has 5 nitrogen and oxygen atoms in total. The summed E-state index contributed by atoms with van der Waals surface area (Å²) < 4.78 is 11.9. The average molecular weight is 268 g/mol. The molecule has 0 aliphatic carbocycles. The van der Waals surface area contributed by atoms with E-state index in [0.29, 0.717) is 11.4 Å². The van der Waals surface area contributed by atoms with E-state index in [4.69, 9.17) is 9.26 Å². The molecule has 0 amide bonds. The van der Waals surface area contributed by atoms with E-state index >= 15 is 0 Å². The van der Waals surface area contributed by atoms with Crippen LogP contribution in [-0.4, -0.2) is 16.8 Å². The lowest BCUT2D eigenvalue weighted by Crippen LogP contribution is -1.97. The van der Waals surface area contributed by atoms with Crippen molar-refractivity contribution in [3.05, 3.63) is 65.3 Å². The summed E-state index contributed by atoms with van der Waals surface area (Å²) in [6.07, 6.45) is 3.34. The molecular weight excluding hydrogens is 256 g/mol. The topological polar surface area (TPSA) is 57.3 Å². The fraction of sp³-hybridized carbons (Fsp3) is 0.0667. The molecule has 3 rings (SSSR count). The van der Waals surface area contributed by atoms with Gasteiger partial charge in [0.1, 0.15) is 5.75 Å². The van der Waals surface area contributed by atoms with Gasteiger partial charge in [0.15, 0.2) is 0 Å². The number of rotatable bonds is 3. The van der Waals surface area contributed by atoms with Gasteiger partial charge in [-0.05, 0) is 24.3 Å². The van der Waals surface area contributed by atoms with Gasteiger partial charge in [0.05, 0.1) is 24.6 Å². The molecule has 0 aliphatic heterocycles. The maximum atomic E-state index is 11.6. The molecule has 0 atom stereocenters. The van der Waals surface area contributed by atoms with Gasteiger partial charge < -0.3 is 9.26 Å². The summed E-state index contributed by atoms with van der Waals surface area (Å²) in [6.45, 7) is 0. The van der Waals surface area contributed by atoms with Crippen molar-refractivity contribution in [1.82, 2.24) is 9.72 Å². The third kappa shape index (κ3) is 2.21. The van der Waals surface area contributed by atoms with Crippen molar-refractivity contribution in [3.8, 4) is 22.7 Å². The van der Waals surface area contributed by atoms with E-state index in [1.807, 2.05) is 30.3 Å². The first-order valence-corrected chi connectivity index (χ1v) is 6.06. The molecule has 0 saturated heterocycles. The summed E-state index contributed by atoms with van der Waals surface area (Å²) in [5.74, 6) is 0.694. The highest BCUT2D eigenvalue weighted by Crippen LogP contribution is 2.23. The Morgan fingerprint density at radius 3 is 2.70 bits per heavy atom. The normalized spacial score (nSPS) is 10.4. The van der Waals surface area contributed by atoms with Gasteiger partial charge in [0.25, 0.3) is 0 Å². The molecule has 0 aliphatic rings. The molecule has 100 valence electrons. The lowest BCUT2D eigenvalue weighted by molar-refractivity contribution is 0.325. The van der Waals surface area contributed by atoms with E-state index in [-0.39, 0.29) is 0 Å². The van der Waals surface area contributed by atoms with Crippen LogP contribution in [0.2, 0.25) is 0 Å². The predicted molar refractivity (Wildman–Crippen MR) is 74.1 cm³/mol. The Hall–Kier alpha value is -2.82. The molecule has 0 unspecified atom stereocenters. The molecule has 0 fully saturated rings. The van der Waals surface area contributed by atoms with E-state index in [2.05, 4.69) is 4.98 Å². The second-order valence-electron chi connectivity index (χ2n) is 4.17. The van der Waals surface area contributed by atoms with Crippen LogP contribution >= 0.6 is 0 Å². The van der Waals surface area contributed by atoms with Crippen LogP contribution in [0.5, 0.6) is 5.75 Å². The van der Waals surface area contributed by atoms with Gasteiger partial charge in [-0.25, -0.2) is 4.79 Å². The SMILES string of the molecule is COc1cccc(-n2oc(=O)cc2-c2ccncc2)c1. The fourth-order valence-corrected chi connectivity index (χ4v) is 1.99. The maximum Gasteiger partial charge on any atom is 0.358 e. The first kappa shape index (κ1) is 12.2. The predicted octanol–water partition coefficient (Wildman–Crippen LogP) is 2.50. The van der Waals surface area contributed by atoms with Crippen LogP contribution in [0, 0.1) is 0 Å². The summed E-state index contributed by atoms with van der Waals surface area (Å²) >= 11 is 0. The number of nitrogens with zero attached hydrogens (tertiary/aromatic N) is 2. The van der Waals surface area contributed by atoms with Crippen LogP contribution < -0.4 is 10.4 Å². The quantitative estimate of drug-likeness (QED) is 0.732. The van der Waals surface area contributed by atoms with Crippen LogP contribution in [0.25, 0.3) is 16.9 Å². The summed E-state index contributed by atoms with van der Waals surface area (Å²) in [4.78, 5) is 15.5. The molecule has 0 saturated carbocycles. The van der Waals surface area contributed by atoms with E-state index in [1.165, 1.54) is 10.8 Å².